The quantitative estimate of drug-likeness (QED) is 0.282. The Morgan fingerprint density at radius 1 is 0.935 bits per heavy atom. The Balaban J connectivity index is 1.67. The fourth-order valence-corrected chi connectivity index (χ4v) is 4.94. The van der Waals surface area contributed by atoms with E-state index in [0.717, 1.165) is 5.56 Å². The zero-order valence-electron chi connectivity index (χ0n) is 26.5. The lowest BCUT2D eigenvalue weighted by Crippen LogP contribution is -2.57. The number of nitrogens with one attached hydrogen (secondary N) is 2. The number of methoxy groups -OCH3 is 2. The van der Waals surface area contributed by atoms with E-state index in [1.165, 1.54) is 24.1 Å². The molecule has 0 unspecified atom stereocenters. The molecule has 1 aliphatic heterocycles. The lowest BCUT2D eigenvalue weighted by Gasteiger charge is -2.38. The summed E-state index contributed by atoms with van der Waals surface area (Å²) >= 11 is 0. The molecular formula is C34H39N3O9. The third kappa shape index (κ3) is 9.13. The van der Waals surface area contributed by atoms with Crippen LogP contribution >= 0.6 is 0 Å². The summed E-state index contributed by atoms with van der Waals surface area (Å²) in [6.07, 6.45) is -0.546. The van der Waals surface area contributed by atoms with Gasteiger partial charge in [0, 0.05) is 25.1 Å². The first-order valence-corrected chi connectivity index (χ1v) is 14.7. The van der Waals surface area contributed by atoms with Crippen LogP contribution in [-0.2, 0) is 43.2 Å². The van der Waals surface area contributed by atoms with Gasteiger partial charge in [0.25, 0.3) is 0 Å². The van der Waals surface area contributed by atoms with Crippen LogP contribution in [0.1, 0.15) is 37.5 Å². The molecule has 0 aliphatic carbocycles. The average Bonchev–Trinajstić information content (AvgIpc) is 3.02. The largest absolute Gasteiger partial charge is 0.508 e. The molecule has 4 rings (SSSR count). The van der Waals surface area contributed by atoms with E-state index in [1.807, 2.05) is 0 Å². The van der Waals surface area contributed by atoms with Crippen LogP contribution in [0.15, 0.2) is 66.7 Å². The number of carbonyl (C=O) groups is 4. The van der Waals surface area contributed by atoms with E-state index in [-0.39, 0.29) is 31.7 Å². The highest BCUT2D eigenvalue weighted by atomic mass is 16.6. The molecule has 46 heavy (non-hydrogen) atoms. The van der Waals surface area contributed by atoms with Gasteiger partial charge in [0.05, 0.1) is 14.2 Å². The minimum absolute atomic E-state index is 0.0202. The molecule has 3 N–H and O–H groups in total. The molecule has 244 valence electrons. The lowest BCUT2D eigenvalue weighted by molar-refractivity contribution is -0.142. The van der Waals surface area contributed by atoms with Gasteiger partial charge in [-0.3, -0.25) is 9.59 Å². The fourth-order valence-electron chi connectivity index (χ4n) is 4.94. The normalized spacial score (nSPS) is 14.7. The molecule has 0 aromatic heterocycles. The molecule has 0 saturated heterocycles. The van der Waals surface area contributed by atoms with E-state index in [4.69, 9.17) is 14.2 Å². The fraction of sp³-hybridized carbons (Fsp3) is 0.353. The summed E-state index contributed by atoms with van der Waals surface area (Å²) in [6, 6.07) is 16.2. The Kier molecular flexibility index (Phi) is 10.7. The molecule has 1 aliphatic rings. The van der Waals surface area contributed by atoms with E-state index >= 15 is 0 Å². The number of esters is 1. The van der Waals surface area contributed by atoms with Crippen molar-refractivity contribution in [3.8, 4) is 17.2 Å². The van der Waals surface area contributed by atoms with Gasteiger partial charge in [-0.2, -0.15) is 0 Å². The van der Waals surface area contributed by atoms with Crippen LogP contribution in [-0.4, -0.2) is 72.4 Å². The highest BCUT2D eigenvalue weighted by molar-refractivity contribution is 5.99. The monoisotopic (exact) mass is 633 g/mol. The first-order valence-electron chi connectivity index (χ1n) is 14.7. The van der Waals surface area contributed by atoms with Crippen molar-refractivity contribution in [2.75, 3.05) is 26.1 Å². The summed E-state index contributed by atoms with van der Waals surface area (Å²) in [5, 5.41) is 15.4. The van der Waals surface area contributed by atoms with E-state index in [2.05, 4.69) is 15.4 Å². The second kappa shape index (κ2) is 14.7. The molecule has 12 nitrogen and oxygen atoms in total. The summed E-state index contributed by atoms with van der Waals surface area (Å²) < 4.78 is 20.9. The standard InChI is InChI=1S/C34H39N3O9/c1-34(2,3)46-33(42)36-28(16-21-6-11-25(38)12-7-21)32(41)37-19-23-17-27(45-20-30(39)44-5)13-8-22(23)18-29(37)31(40)35-24-9-14-26(43-4)15-10-24/h6-15,17,28-29,38H,16,18-20H2,1-5H3,(H,35,40)(H,36,42)/t28-,29-/m0/s1. The van der Waals surface area contributed by atoms with E-state index in [1.54, 1.807) is 82.5 Å². The van der Waals surface area contributed by atoms with Crippen molar-refractivity contribution in [1.82, 2.24) is 10.2 Å². The lowest BCUT2D eigenvalue weighted by atomic mass is 9.91. The first-order chi connectivity index (χ1) is 21.8. The number of ether oxygens (including phenoxy) is 4. The summed E-state index contributed by atoms with van der Waals surface area (Å²) in [7, 11) is 2.81. The van der Waals surface area contributed by atoms with Gasteiger partial charge in [0.1, 0.15) is 34.9 Å². The molecule has 0 bridgehead atoms. The van der Waals surface area contributed by atoms with E-state index in [0.29, 0.717) is 28.3 Å². The van der Waals surface area contributed by atoms with Gasteiger partial charge in [-0.15, -0.1) is 0 Å². The number of alkyl carbamates (subject to hydrolysis) is 1. The molecule has 3 aromatic rings. The van der Waals surface area contributed by atoms with Gasteiger partial charge in [-0.05, 0) is 86.0 Å². The van der Waals surface area contributed by atoms with Crippen molar-refractivity contribution >= 4 is 29.6 Å². The molecule has 0 radical (unpaired) electrons. The molecule has 1 heterocycles. The summed E-state index contributed by atoms with van der Waals surface area (Å²) in [6.45, 7) is 4.87. The highest BCUT2D eigenvalue weighted by Crippen LogP contribution is 2.29. The van der Waals surface area contributed by atoms with Gasteiger partial charge in [0.15, 0.2) is 6.61 Å². The SMILES string of the molecule is COC(=O)COc1ccc2c(c1)CN(C(=O)[C@H](Cc1ccc(O)cc1)NC(=O)OC(C)(C)C)[C@H](C(=O)Nc1ccc(OC)cc1)C2. The van der Waals surface area contributed by atoms with Crippen LogP contribution in [0.2, 0.25) is 0 Å². The molecule has 12 heteroatoms. The predicted octanol–water partition coefficient (Wildman–Crippen LogP) is 3.98. The maximum atomic E-state index is 14.4. The van der Waals surface area contributed by atoms with Crippen LogP contribution in [0.25, 0.3) is 0 Å². The molecule has 3 aromatic carbocycles. The number of phenolic OH excluding ortho intramolecular Hbond substituents is 1. The average molecular weight is 634 g/mol. The minimum Gasteiger partial charge on any atom is -0.508 e. The maximum absolute atomic E-state index is 14.4. The van der Waals surface area contributed by atoms with Crippen molar-refractivity contribution in [3.63, 3.8) is 0 Å². The number of aromatic hydroxyl groups is 1. The maximum Gasteiger partial charge on any atom is 0.408 e. The van der Waals surface area contributed by atoms with Crippen LogP contribution in [0.5, 0.6) is 17.2 Å². The van der Waals surface area contributed by atoms with Crippen LogP contribution in [0.4, 0.5) is 10.5 Å². The van der Waals surface area contributed by atoms with Gasteiger partial charge in [-0.1, -0.05) is 18.2 Å². The Labute approximate surface area is 267 Å². The molecule has 2 atom stereocenters. The van der Waals surface area contributed by atoms with Crippen LogP contribution in [0.3, 0.4) is 0 Å². The minimum atomic E-state index is -1.11. The smallest absolute Gasteiger partial charge is 0.408 e. The zero-order chi connectivity index (χ0) is 33.4. The Morgan fingerprint density at radius 2 is 1.61 bits per heavy atom. The third-order valence-corrected chi connectivity index (χ3v) is 7.20. The number of phenols is 1. The number of carbonyl (C=O) groups excluding carboxylic acids is 4. The second-order valence-electron chi connectivity index (χ2n) is 11.8. The van der Waals surface area contributed by atoms with E-state index < -0.39 is 41.6 Å². The van der Waals surface area contributed by atoms with Crippen molar-refractivity contribution in [1.29, 1.82) is 0 Å². The van der Waals surface area contributed by atoms with Gasteiger partial charge in [-0.25, -0.2) is 9.59 Å². The van der Waals surface area contributed by atoms with Crippen molar-refractivity contribution < 1.29 is 43.2 Å². The molecular weight excluding hydrogens is 594 g/mol. The summed E-state index contributed by atoms with van der Waals surface area (Å²) in [4.78, 5) is 54.2. The van der Waals surface area contributed by atoms with Gasteiger partial charge >= 0.3 is 12.1 Å². The summed E-state index contributed by atoms with van der Waals surface area (Å²) in [5.41, 5.74) is 1.90. The number of hydrogen-bond donors (Lipinski definition) is 3. The highest BCUT2D eigenvalue weighted by Gasteiger charge is 2.39. The Morgan fingerprint density at radius 3 is 2.24 bits per heavy atom. The number of fused-ring (bicyclic) bond motifs is 1. The Hall–Kier alpha value is -5.26. The topological polar surface area (TPSA) is 153 Å². The Bertz CT molecular complexity index is 1550. The van der Waals surface area contributed by atoms with Crippen molar-refractivity contribution in [2.24, 2.45) is 0 Å². The number of hydrogen-bond acceptors (Lipinski definition) is 9. The van der Waals surface area contributed by atoms with Gasteiger partial charge < -0.3 is 39.6 Å². The third-order valence-electron chi connectivity index (χ3n) is 7.20. The number of benzene rings is 3. The summed E-state index contributed by atoms with van der Waals surface area (Å²) in [5.74, 6) is -0.409. The molecule has 3 amide bonds. The molecule has 0 fully saturated rings. The first kappa shape index (κ1) is 33.6. The number of anilines is 1. The molecule has 0 saturated carbocycles. The number of nitrogens with zero attached hydrogens (tertiary/aromatic N) is 1. The van der Waals surface area contributed by atoms with Crippen molar-refractivity contribution in [3.05, 3.63) is 83.4 Å². The van der Waals surface area contributed by atoms with Gasteiger partial charge in [0.2, 0.25) is 11.8 Å². The second-order valence-corrected chi connectivity index (χ2v) is 11.8. The van der Waals surface area contributed by atoms with Crippen LogP contribution < -0.4 is 20.1 Å². The van der Waals surface area contributed by atoms with Crippen LogP contribution in [0, 0.1) is 0 Å². The number of amides is 3. The predicted molar refractivity (Wildman–Crippen MR) is 169 cm³/mol. The van der Waals surface area contributed by atoms with Crippen molar-refractivity contribution in [2.45, 2.75) is 57.8 Å². The molecule has 0 spiro atoms. The van der Waals surface area contributed by atoms with E-state index in [9.17, 15) is 24.3 Å². The zero-order valence-corrected chi connectivity index (χ0v) is 26.5. The number of rotatable bonds is 10.